The first kappa shape index (κ1) is 38.3. The SMILES string of the molecule is CCCCCCCCCCCCCCCc1ccc(C(=O)c2ccc(CCCCCCCCCCCCCCC)cc2)cc1. The van der Waals surface area contributed by atoms with Gasteiger partial charge in [-0.3, -0.25) is 4.79 Å². The lowest BCUT2D eigenvalue weighted by molar-refractivity contribution is 0.103. The van der Waals surface area contributed by atoms with Gasteiger partial charge in [0.15, 0.2) is 5.78 Å². The van der Waals surface area contributed by atoms with Gasteiger partial charge >= 0.3 is 0 Å². The zero-order valence-electron chi connectivity index (χ0n) is 29.3. The maximum Gasteiger partial charge on any atom is 0.193 e. The summed E-state index contributed by atoms with van der Waals surface area (Å²) in [4.78, 5) is 13.0. The molecule has 0 saturated carbocycles. The second-order valence-corrected chi connectivity index (χ2v) is 13.7. The molecule has 0 N–H and O–H groups in total. The topological polar surface area (TPSA) is 17.1 Å². The Balaban J connectivity index is 1.49. The minimum atomic E-state index is 0.144. The second-order valence-electron chi connectivity index (χ2n) is 13.7. The largest absolute Gasteiger partial charge is 0.289 e. The summed E-state index contributed by atoms with van der Waals surface area (Å²) >= 11 is 0. The quantitative estimate of drug-likeness (QED) is 0.0642. The van der Waals surface area contributed by atoms with E-state index in [1.54, 1.807) is 0 Å². The van der Waals surface area contributed by atoms with Crippen molar-refractivity contribution < 1.29 is 4.79 Å². The molecule has 0 bridgehead atoms. The van der Waals surface area contributed by atoms with Gasteiger partial charge in [0.05, 0.1) is 0 Å². The van der Waals surface area contributed by atoms with E-state index < -0.39 is 0 Å². The molecule has 1 nitrogen and oxygen atoms in total. The maximum atomic E-state index is 13.0. The molecule has 0 aromatic heterocycles. The van der Waals surface area contributed by atoms with E-state index in [1.807, 2.05) is 24.3 Å². The summed E-state index contributed by atoms with van der Waals surface area (Å²) < 4.78 is 0. The molecular weight excluding hydrogens is 532 g/mol. The van der Waals surface area contributed by atoms with Crippen molar-refractivity contribution in [3.05, 3.63) is 70.8 Å². The number of benzene rings is 2. The number of aryl methyl sites for hydroxylation is 2. The van der Waals surface area contributed by atoms with Gasteiger partial charge in [0, 0.05) is 11.1 Å². The zero-order chi connectivity index (χ0) is 31.3. The molecule has 2 aromatic rings. The predicted octanol–water partition coefficient (Wildman–Crippen LogP) is 14.2. The highest BCUT2D eigenvalue weighted by atomic mass is 16.1. The van der Waals surface area contributed by atoms with Crippen molar-refractivity contribution in [2.45, 2.75) is 194 Å². The average molecular weight is 603 g/mol. The molecule has 0 spiro atoms. The molecule has 0 unspecified atom stereocenters. The molecule has 0 heterocycles. The lowest BCUT2D eigenvalue weighted by atomic mass is 9.98. The normalized spacial score (nSPS) is 11.3. The Bertz CT molecular complexity index is 833. The van der Waals surface area contributed by atoms with E-state index in [9.17, 15) is 4.79 Å². The summed E-state index contributed by atoms with van der Waals surface area (Å²) in [6.07, 6.45) is 38.5. The number of carbonyl (C=O) groups is 1. The number of rotatable bonds is 30. The third-order valence-electron chi connectivity index (χ3n) is 9.57. The highest BCUT2D eigenvalue weighted by Crippen LogP contribution is 2.18. The Labute approximate surface area is 274 Å². The van der Waals surface area contributed by atoms with Crippen LogP contribution in [0.15, 0.2) is 48.5 Å². The summed E-state index contributed by atoms with van der Waals surface area (Å²) in [7, 11) is 0. The van der Waals surface area contributed by atoms with Crippen LogP contribution in [0.3, 0.4) is 0 Å². The molecule has 0 aliphatic heterocycles. The molecule has 248 valence electrons. The molecule has 2 aromatic carbocycles. The second kappa shape index (κ2) is 27.4. The van der Waals surface area contributed by atoms with Crippen LogP contribution in [0, 0.1) is 0 Å². The van der Waals surface area contributed by atoms with Crippen LogP contribution in [0.25, 0.3) is 0 Å². The van der Waals surface area contributed by atoms with E-state index in [0.717, 1.165) is 24.0 Å². The Kier molecular flexibility index (Phi) is 23.9. The fourth-order valence-corrected chi connectivity index (χ4v) is 6.51. The predicted molar refractivity (Wildman–Crippen MR) is 195 cm³/mol. The van der Waals surface area contributed by atoms with Crippen LogP contribution in [0.1, 0.15) is 208 Å². The van der Waals surface area contributed by atoms with E-state index in [-0.39, 0.29) is 5.78 Å². The van der Waals surface area contributed by atoms with Gasteiger partial charge in [-0.05, 0) is 36.8 Å². The van der Waals surface area contributed by atoms with Gasteiger partial charge in [0.2, 0.25) is 0 Å². The van der Waals surface area contributed by atoms with Crippen molar-refractivity contribution in [3.8, 4) is 0 Å². The Morgan fingerprint density at radius 3 is 0.818 bits per heavy atom. The number of unbranched alkanes of at least 4 members (excludes halogenated alkanes) is 24. The minimum absolute atomic E-state index is 0.144. The van der Waals surface area contributed by atoms with Crippen molar-refractivity contribution in [2.24, 2.45) is 0 Å². The maximum absolute atomic E-state index is 13.0. The zero-order valence-corrected chi connectivity index (χ0v) is 29.3. The Morgan fingerprint density at radius 1 is 0.341 bits per heavy atom. The summed E-state index contributed by atoms with van der Waals surface area (Å²) in [6.45, 7) is 4.58. The first-order valence-electron chi connectivity index (χ1n) is 19.5. The van der Waals surface area contributed by atoms with Crippen LogP contribution in [-0.4, -0.2) is 5.78 Å². The van der Waals surface area contributed by atoms with Gasteiger partial charge in [0.1, 0.15) is 0 Å². The van der Waals surface area contributed by atoms with Gasteiger partial charge in [-0.15, -0.1) is 0 Å². The van der Waals surface area contributed by atoms with Crippen LogP contribution < -0.4 is 0 Å². The van der Waals surface area contributed by atoms with Crippen LogP contribution >= 0.6 is 0 Å². The average Bonchev–Trinajstić information content (AvgIpc) is 3.05. The van der Waals surface area contributed by atoms with Crippen molar-refractivity contribution in [1.29, 1.82) is 0 Å². The number of ketones is 1. The van der Waals surface area contributed by atoms with Crippen molar-refractivity contribution in [3.63, 3.8) is 0 Å². The summed E-state index contributed by atoms with van der Waals surface area (Å²) in [6, 6.07) is 16.8. The van der Waals surface area contributed by atoms with Gasteiger partial charge in [-0.25, -0.2) is 0 Å². The highest BCUT2D eigenvalue weighted by Gasteiger charge is 2.09. The van der Waals surface area contributed by atoms with E-state index >= 15 is 0 Å². The molecular formula is C43H70O. The van der Waals surface area contributed by atoms with Crippen LogP contribution in [0.2, 0.25) is 0 Å². The molecule has 0 amide bonds. The van der Waals surface area contributed by atoms with Gasteiger partial charge in [-0.1, -0.05) is 216 Å². The van der Waals surface area contributed by atoms with E-state index in [1.165, 1.54) is 178 Å². The monoisotopic (exact) mass is 603 g/mol. The molecule has 0 aliphatic carbocycles. The molecule has 44 heavy (non-hydrogen) atoms. The lowest BCUT2D eigenvalue weighted by Gasteiger charge is -2.07. The highest BCUT2D eigenvalue weighted by molar-refractivity contribution is 6.09. The third kappa shape index (κ3) is 19.5. The molecule has 0 atom stereocenters. The van der Waals surface area contributed by atoms with Crippen LogP contribution in [0.5, 0.6) is 0 Å². The Hall–Kier alpha value is -1.89. The number of hydrogen-bond acceptors (Lipinski definition) is 1. The number of carbonyl (C=O) groups excluding carboxylic acids is 1. The standard InChI is InChI=1S/C43H70O/c1-3-5-7-9-11-13-15-17-19-21-23-25-27-29-39-31-35-41(36-32-39)43(44)42-37-33-40(34-38-42)30-28-26-24-22-20-18-16-14-12-10-8-6-4-2/h31-38H,3-30H2,1-2H3. The van der Waals surface area contributed by atoms with E-state index in [2.05, 4.69) is 38.1 Å². The summed E-state index contributed by atoms with van der Waals surface area (Å²) in [5, 5.41) is 0. The summed E-state index contributed by atoms with van der Waals surface area (Å²) in [5.41, 5.74) is 4.34. The van der Waals surface area contributed by atoms with Crippen molar-refractivity contribution in [2.75, 3.05) is 0 Å². The van der Waals surface area contributed by atoms with Gasteiger partial charge in [-0.2, -0.15) is 0 Å². The molecule has 0 radical (unpaired) electrons. The fourth-order valence-electron chi connectivity index (χ4n) is 6.51. The smallest absolute Gasteiger partial charge is 0.193 e. The molecule has 2 rings (SSSR count). The van der Waals surface area contributed by atoms with Crippen LogP contribution in [0.4, 0.5) is 0 Å². The van der Waals surface area contributed by atoms with Gasteiger partial charge < -0.3 is 0 Å². The van der Waals surface area contributed by atoms with Gasteiger partial charge in [0.25, 0.3) is 0 Å². The molecule has 0 fully saturated rings. The minimum Gasteiger partial charge on any atom is -0.289 e. The molecule has 0 saturated heterocycles. The van der Waals surface area contributed by atoms with Crippen molar-refractivity contribution in [1.82, 2.24) is 0 Å². The lowest BCUT2D eigenvalue weighted by Crippen LogP contribution is -2.02. The third-order valence-corrected chi connectivity index (χ3v) is 9.57. The number of hydrogen-bond donors (Lipinski definition) is 0. The van der Waals surface area contributed by atoms with E-state index in [0.29, 0.717) is 0 Å². The Morgan fingerprint density at radius 2 is 0.568 bits per heavy atom. The summed E-state index contributed by atoms with van der Waals surface area (Å²) in [5.74, 6) is 0.144. The fraction of sp³-hybridized carbons (Fsp3) is 0.698. The van der Waals surface area contributed by atoms with Crippen LogP contribution in [-0.2, 0) is 12.8 Å². The van der Waals surface area contributed by atoms with E-state index in [4.69, 9.17) is 0 Å². The molecule has 1 heteroatoms. The first-order valence-corrected chi connectivity index (χ1v) is 19.5. The molecule has 0 aliphatic rings. The van der Waals surface area contributed by atoms with Crippen molar-refractivity contribution >= 4 is 5.78 Å². The first-order chi connectivity index (χ1) is 21.7.